The second-order valence-corrected chi connectivity index (χ2v) is 6.52. The maximum Gasteiger partial charge on any atom is 0.241 e. The number of sulfonamides is 1. The van der Waals surface area contributed by atoms with E-state index in [9.17, 15) is 13.2 Å². The molecule has 4 N–H and O–H groups in total. The van der Waals surface area contributed by atoms with Gasteiger partial charge in [-0.3, -0.25) is 4.79 Å². The summed E-state index contributed by atoms with van der Waals surface area (Å²) < 4.78 is 25.6. The third-order valence-corrected chi connectivity index (χ3v) is 4.65. The van der Waals surface area contributed by atoms with Crippen molar-refractivity contribution < 1.29 is 13.2 Å². The van der Waals surface area contributed by atoms with E-state index in [4.69, 9.17) is 5.73 Å². The van der Waals surface area contributed by atoms with Crippen LogP contribution in [0.2, 0.25) is 0 Å². The lowest BCUT2D eigenvalue weighted by Crippen LogP contribution is -2.40. The van der Waals surface area contributed by atoms with E-state index in [1.54, 1.807) is 12.1 Å². The largest absolute Gasteiger partial charge is 0.325 e. The van der Waals surface area contributed by atoms with Gasteiger partial charge in [0.1, 0.15) is 0 Å². The van der Waals surface area contributed by atoms with Crippen LogP contribution >= 0.6 is 0 Å². The fourth-order valence-electron chi connectivity index (χ4n) is 1.60. The van der Waals surface area contributed by atoms with E-state index in [1.165, 1.54) is 19.2 Å². The number of nitrogens with one attached hydrogen (secondary N) is 2. The average molecular weight is 299 g/mol. The van der Waals surface area contributed by atoms with Crippen molar-refractivity contribution in [3.63, 3.8) is 0 Å². The Kier molecular flexibility index (Phi) is 5.67. The van der Waals surface area contributed by atoms with Crippen LogP contribution in [-0.4, -0.2) is 27.4 Å². The minimum atomic E-state index is -3.53. The maximum atomic E-state index is 11.9. The molecule has 20 heavy (non-hydrogen) atoms. The molecule has 0 aliphatic heterocycles. The molecule has 0 aromatic heterocycles. The van der Waals surface area contributed by atoms with Crippen molar-refractivity contribution >= 4 is 21.6 Å². The summed E-state index contributed by atoms with van der Waals surface area (Å²) in [5.41, 5.74) is 6.23. The van der Waals surface area contributed by atoms with Crippen LogP contribution in [-0.2, 0) is 14.8 Å². The molecule has 0 radical (unpaired) electrons. The smallest absolute Gasteiger partial charge is 0.241 e. The van der Waals surface area contributed by atoms with Gasteiger partial charge in [-0.05, 0) is 31.2 Å². The summed E-state index contributed by atoms with van der Waals surface area (Å²) in [7, 11) is -2.20. The van der Waals surface area contributed by atoms with Gasteiger partial charge in [0.2, 0.25) is 15.9 Å². The summed E-state index contributed by atoms with van der Waals surface area (Å²) in [6.45, 7) is 3.85. The second kappa shape index (κ2) is 6.83. The molecule has 2 unspecified atom stereocenters. The number of carbonyl (C=O) groups excluding carboxylic acids is 1. The van der Waals surface area contributed by atoms with Crippen LogP contribution in [0.1, 0.15) is 20.3 Å². The fraction of sp³-hybridized carbons (Fsp3) is 0.462. The molecule has 0 heterocycles. The topological polar surface area (TPSA) is 101 Å². The number of nitrogens with two attached hydrogens (primary N) is 1. The molecule has 112 valence electrons. The van der Waals surface area contributed by atoms with Gasteiger partial charge >= 0.3 is 0 Å². The monoisotopic (exact) mass is 299 g/mol. The van der Waals surface area contributed by atoms with Crippen LogP contribution in [0.25, 0.3) is 0 Å². The Bertz CT molecular complexity index is 572. The minimum absolute atomic E-state index is 0.0548. The van der Waals surface area contributed by atoms with Crippen molar-refractivity contribution in [3.8, 4) is 0 Å². The molecule has 2 atom stereocenters. The van der Waals surface area contributed by atoms with Crippen molar-refractivity contribution in [2.45, 2.75) is 31.2 Å². The highest BCUT2D eigenvalue weighted by molar-refractivity contribution is 7.89. The highest BCUT2D eigenvalue weighted by Gasteiger charge is 2.20. The number of hydrogen-bond donors (Lipinski definition) is 3. The fourth-order valence-corrected chi connectivity index (χ4v) is 2.37. The Morgan fingerprint density at radius 1 is 1.40 bits per heavy atom. The second-order valence-electron chi connectivity index (χ2n) is 4.64. The lowest BCUT2D eigenvalue weighted by atomic mass is 9.99. The predicted octanol–water partition coefficient (Wildman–Crippen LogP) is 0.907. The summed E-state index contributed by atoms with van der Waals surface area (Å²) in [6, 6.07) is 5.41. The van der Waals surface area contributed by atoms with E-state index in [-0.39, 0.29) is 16.7 Å². The van der Waals surface area contributed by atoms with Gasteiger partial charge in [-0.2, -0.15) is 0 Å². The molecule has 0 saturated heterocycles. The van der Waals surface area contributed by atoms with E-state index < -0.39 is 16.1 Å². The molecule has 1 aromatic rings. The van der Waals surface area contributed by atoms with Gasteiger partial charge in [-0.1, -0.05) is 26.3 Å². The van der Waals surface area contributed by atoms with Crippen LogP contribution in [0, 0.1) is 5.92 Å². The quantitative estimate of drug-likeness (QED) is 0.726. The van der Waals surface area contributed by atoms with Crippen LogP contribution in [0.3, 0.4) is 0 Å². The Balaban J connectivity index is 2.90. The standard InChI is InChI=1S/C13H21N3O3S/c1-4-9(2)12(14)13(17)16-10-6-5-7-11(8-10)20(18,19)15-3/h5-9,12,15H,4,14H2,1-3H3,(H,16,17). The first-order chi connectivity index (χ1) is 9.31. The van der Waals surface area contributed by atoms with Gasteiger partial charge in [0, 0.05) is 5.69 Å². The Labute approximate surface area is 119 Å². The molecule has 7 heteroatoms. The Morgan fingerprint density at radius 3 is 2.60 bits per heavy atom. The lowest BCUT2D eigenvalue weighted by molar-refractivity contribution is -0.118. The van der Waals surface area contributed by atoms with Gasteiger partial charge in [-0.25, -0.2) is 13.1 Å². The lowest BCUT2D eigenvalue weighted by Gasteiger charge is -2.18. The van der Waals surface area contributed by atoms with Crippen molar-refractivity contribution in [2.24, 2.45) is 11.7 Å². The first-order valence-corrected chi connectivity index (χ1v) is 7.90. The molecule has 1 amide bonds. The molecule has 0 aliphatic carbocycles. The first-order valence-electron chi connectivity index (χ1n) is 6.42. The van der Waals surface area contributed by atoms with Gasteiger partial charge < -0.3 is 11.1 Å². The normalized spacial score (nSPS) is 14.6. The van der Waals surface area contributed by atoms with Gasteiger partial charge in [-0.15, -0.1) is 0 Å². The third-order valence-electron chi connectivity index (χ3n) is 3.24. The summed E-state index contributed by atoms with van der Waals surface area (Å²) >= 11 is 0. The van der Waals surface area contributed by atoms with E-state index >= 15 is 0 Å². The molecule has 1 aromatic carbocycles. The third kappa shape index (κ3) is 4.03. The number of benzene rings is 1. The SMILES string of the molecule is CCC(C)C(N)C(=O)Nc1cccc(S(=O)(=O)NC)c1. The van der Waals surface area contributed by atoms with Crippen LogP contribution in [0.15, 0.2) is 29.2 Å². The Morgan fingerprint density at radius 2 is 2.05 bits per heavy atom. The van der Waals surface area contributed by atoms with Gasteiger partial charge in [0.25, 0.3) is 0 Å². The molecule has 1 rings (SSSR count). The zero-order valence-electron chi connectivity index (χ0n) is 11.9. The van der Waals surface area contributed by atoms with Gasteiger partial charge in [0.15, 0.2) is 0 Å². The maximum absolute atomic E-state index is 11.9. The number of anilines is 1. The van der Waals surface area contributed by atoms with Crippen LogP contribution in [0.4, 0.5) is 5.69 Å². The minimum Gasteiger partial charge on any atom is -0.325 e. The average Bonchev–Trinajstić information content (AvgIpc) is 2.45. The highest BCUT2D eigenvalue weighted by Crippen LogP contribution is 2.16. The Hall–Kier alpha value is -1.44. The van der Waals surface area contributed by atoms with E-state index in [0.29, 0.717) is 5.69 Å². The van der Waals surface area contributed by atoms with Crippen molar-refractivity contribution in [3.05, 3.63) is 24.3 Å². The molecular formula is C13H21N3O3S. The van der Waals surface area contributed by atoms with E-state index in [1.807, 2.05) is 13.8 Å². The summed E-state index contributed by atoms with van der Waals surface area (Å²) in [4.78, 5) is 12.0. The molecular weight excluding hydrogens is 278 g/mol. The zero-order valence-corrected chi connectivity index (χ0v) is 12.7. The van der Waals surface area contributed by atoms with Crippen LogP contribution in [0.5, 0.6) is 0 Å². The molecule has 0 saturated carbocycles. The van der Waals surface area contributed by atoms with Gasteiger partial charge in [0.05, 0.1) is 10.9 Å². The van der Waals surface area contributed by atoms with Crippen molar-refractivity contribution in [1.29, 1.82) is 0 Å². The first kappa shape index (κ1) is 16.6. The molecule has 0 spiro atoms. The predicted molar refractivity (Wildman–Crippen MR) is 78.7 cm³/mol. The van der Waals surface area contributed by atoms with E-state index in [2.05, 4.69) is 10.0 Å². The number of carbonyl (C=O) groups is 1. The summed E-state index contributed by atoms with van der Waals surface area (Å²) in [6.07, 6.45) is 0.794. The number of rotatable bonds is 6. The highest BCUT2D eigenvalue weighted by atomic mass is 32.2. The molecule has 0 aliphatic rings. The summed E-state index contributed by atoms with van der Waals surface area (Å²) in [5.74, 6) is -0.266. The zero-order chi connectivity index (χ0) is 15.3. The van der Waals surface area contributed by atoms with Crippen LogP contribution < -0.4 is 15.8 Å². The molecule has 6 nitrogen and oxygen atoms in total. The molecule has 0 fully saturated rings. The van der Waals surface area contributed by atoms with Crippen molar-refractivity contribution in [1.82, 2.24) is 4.72 Å². The summed E-state index contributed by atoms with van der Waals surface area (Å²) in [5, 5.41) is 2.64. The molecule has 0 bridgehead atoms. The number of amides is 1. The van der Waals surface area contributed by atoms with E-state index in [0.717, 1.165) is 6.42 Å². The number of hydrogen-bond acceptors (Lipinski definition) is 4. The van der Waals surface area contributed by atoms with Crippen molar-refractivity contribution in [2.75, 3.05) is 12.4 Å².